The van der Waals surface area contributed by atoms with E-state index in [1.807, 2.05) is 37.3 Å². The number of carbonyl (C=O) groups is 1. The third-order valence-electron chi connectivity index (χ3n) is 2.04. The molecular weight excluding hydrogens is 178 g/mol. The summed E-state index contributed by atoms with van der Waals surface area (Å²) >= 11 is 0. The highest BCUT2D eigenvalue weighted by Crippen LogP contribution is 2.10. The summed E-state index contributed by atoms with van der Waals surface area (Å²) < 4.78 is 0. The van der Waals surface area contributed by atoms with E-state index in [2.05, 4.69) is 5.32 Å². The maximum Gasteiger partial charge on any atom is 0.249 e. The van der Waals surface area contributed by atoms with Crippen LogP contribution < -0.4 is 5.32 Å². The average Bonchev–Trinajstić information content (AvgIpc) is 2.19. The number of aliphatic hydroxyl groups excluding tert-OH is 1. The van der Waals surface area contributed by atoms with Gasteiger partial charge in [0.2, 0.25) is 5.91 Å². The van der Waals surface area contributed by atoms with Crippen molar-refractivity contribution in [3.05, 3.63) is 35.9 Å². The monoisotopic (exact) mass is 193 g/mol. The molecule has 0 aliphatic rings. The lowest BCUT2D eigenvalue weighted by Crippen LogP contribution is -2.34. The van der Waals surface area contributed by atoms with Crippen LogP contribution in [0.2, 0.25) is 0 Å². The highest BCUT2D eigenvalue weighted by molar-refractivity contribution is 5.80. The van der Waals surface area contributed by atoms with Crippen LogP contribution in [0.3, 0.4) is 0 Å². The lowest BCUT2D eigenvalue weighted by molar-refractivity contribution is -0.129. The Labute approximate surface area is 83.8 Å². The van der Waals surface area contributed by atoms with Gasteiger partial charge in [-0.15, -0.1) is 0 Å². The maximum absolute atomic E-state index is 11.2. The topological polar surface area (TPSA) is 49.3 Å². The molecule has 0 aliphatic carbocycles. The molecule has 1 aromatic rings. The molecule has 0 unspecified atom stereocenters. The lowest BCUT2D eigenvalue weighted by atomic mass is 10.1. The molecule has 14 heavy (non-hydrogen) atoms. The molecule has 0 heterocycles. The second-order valence-corrected chi connectivity index (χ2v) is 3.32. The molecule has 1 aromatic carbocycles. The van der Waals surface area contributed by atoms with E-state index < -0.39 is 6.10 Å². The third-order valence-corrected chi connectivity index (χ3v) is 2.04. The van der Waals surface area contributed by atoms with E-state index in [-0.39, 0.29) is 11.9 Å². The molecule has 2 atom stereocenters. The van der Waals surface area contributed by atoms with Crippen molar-refractivity contribution < 1.29 is 9.90 Å². The van der Waals surface area contributed by atoms with Crippen LogP contribution in [0.25, 0.3) is 0 Å². The van der Waals surface area contributed by atoms with E-state index in [0.717, 1.165) is 5.56 Å². The van der Waals surface area contributed by atoms with Gasteiger partial charge in [0.25, 0.3) is 0 Å². The summed E-state index contributed by atoms with van der Waals surface area (Å²) in [7, 11) is 0. The summed E-state index contributed by atoms with van der Waals surface area (Å²) in [5.41, 5.74) is 1.03. The van der Waals surface area contributed by atoms with Crippen LogP contribution >= 0.6 is 0 Å². The molecular formula is C11H15NO2. The highest BCUT2D eigenvalue weighted by atomic mass is 16.3. The first-order valence-electron chi connectivity index (χ1n) is 4.64. The van der Waals surface area contributed by atoms with Crippen molar-refractivity contribution in [1.82, 2.24) is 5.32 Å². The molecule has 0 saturated heterocycles. The molecule has 2 N–H and O–H groups in total. The van der Waals surface area contributed by atoms with Gasteiger partial charge in [-0.25, -0.2) is 0 Å². The van der Waals surface area contributed by atoms with E-state index in [4.69, 9.17) is 5.11 Å². The quantitative estimate of drug-likeness (QED) is 0.759. The Balaban J connectivity index is 2.59. The molecule has 0 spiro atoms. The van der Waals surface area contributed by atoms with E-state index in [1.165, 1.54) is 6.92 Å². The minimum atomic E-state index is -0.957. The van der Waals surface area contributed by atoms with Gasteiger partial charge < -0.3 is 10.4 Å². The Bertz CT molecular complexity index is 295. The molecule has 0 bridgehead atoms. The van der Waals surface area contributed by atoms with Gasteiger partial charge in [-0.05, 0) is 19.4 Å². The molecule has 0 aromatic heterocycles. The molecule has 3 heteroatoms. The molecule has 0 aliphatic heterocycles. The standard InChI is InChI=1S/C11H15NO2/c1-8(12-11(14)9(2)13)10-6-4-3-5-7-10/h3-9,13H,1-2H3,(H,12,14)/t8-,9+/m1/s1. The number of hydrogen-bond donors (Lipinski definition) is 2. The van der Waals surface area contributed by atoms with Gasteiger partial charge in [-0.2, -0.15) is 0 Å². The largest absolute Gasteiger partial charge is 0.384 e. The van der Waals surface area contributed by atoms with Crippen molar-refractivity contribution in [2.45, 2.75) is 26.0 Å². The number of benzene rings is 1. The molecule has 0 fully saturated rings. The molecule has 1 rings (SSSR count). The summed E-state index contributed by atoms with van der Waals surface area (Å²) in [6.07, 6.45) is -0.957. The van der Waals surface area contributed by atoms with Crippen LogP contribution in [0.15, 0.2) is 30.3 Å². The Kier molecular flexibility index (Phi) is 3.65. The average molecular weight is 193 g/mol. The lowest BCUT2D eigenvalue weighted by Gasteiger charge is -2.15. The summed E-state index contributed by atoms with van der Waals surface area (Å²) in [5, 5.41) is 11.7. The van der Waals surface area contributed by atoms with E-state index in [9.17, 15) is 4.79 Å². The minimum absolute atomic E-state index is 0.0710. The first kappa shape index (κ1) is 10.7. The zero-order valence-corrected chi connectivity index (χ0v) is 8.40. The van der Waals surface area contributed by atoms with Gasteiger partial charge in [0, 0.05) is 0 Å². The summed E-state index contributed by atoms with van der Waals surface area (Å²) in [5.74, 6) is -0.346. The molecule has 1 amide bonds. The van der Waals surface area contributed by atoms with Crippen molar-refractivity contribution in [3.63, 3.8) is 0 Å². The Hall–Kier alpha value is -1.35. The van der Waals surface area contributed by atoms with E-state index in [0.29, 0.717) is 0 Å². The zero-order valence-electron chi connectivity index (χ0n) is 8.40. The molecule has 3 nitrogen and oxygen atoms in total. The highest BCUT2D eigenvalue weighted by Gasteiger charge is 2.12. The number of hydrogen-bond acceptors (Lipinski definition) is 2. The number of carbonyl (C=O) groups excluding carboxylic acids is 1. The minimum Gasteiger partial charge on any atom is -0.384 e. The van der Waals surface area contributed by atoms with Crippen LogP contribution in [0.5, 0.6) is 0 Å². The van der Waals surface area contributed by atoms with Crippen molar-refractivity contribution in [1.29, 1.82) is 0 Å². The normalized spacial score (nSPS) is 14.5. The predicted molar refractivity (Wildman–Crippen MR) is 54.7 cm³/mol. The zero-order chi connectivity index (χ0) is 10.6. The first-order chi connectivity index (χ1) is 6.61. The van der Waals surface area contributed by atoms with Gasteiger partial charge in [0.1, 0.15) is 6.10 Å². The van der Waals surface area contributed by atoms with Crippen molar-refractivity contribution in [2.24, 2.45) is 0 Å². The number of aliphatic hydroxyl groups is 1. The predicted octanol–water partition coefficient (Wildman–Crippen LogP) is 1.24. The summed E-state index contributed by atoms with van der Waals surface area (Å²) in [6.45, 7) is 3.34. The van der Waals surface area contributed by atoms with Crippen LogP contribution in [-0.4, -0.2) is 17.1 Å². The number of amides is 1. The SMILES string of the molecule is C[C@H](O)C(=O)N[C@H](C)c1ccccc1. The Morgan fingerprint density at radius 3 is 2.36 bits per heavy atom. The van der Waals surface area contributed by atoms with Gasteiger partial charge in [0.15, 0.2) is 0 Å². The molecule has 0 saturated carbocycles. The van der Waals surface area contributed by atoms with Gasteiger partial charge >= 0.3 is 0 Å². The Morgan fingerprint density at radius 2 is 1.86 bits per heavy atom. The number of nitrogens with one attached hydrogen (secondary N) is 1. The smallest absolute Gasteiger partial charge is 0.249 e. The van der Waals surface area contributed by atoms with Gasteiger partial charge in [-0.1, -0.05) is 30.3 Å². The van der Waals surface area contributed by atoms with Crippen molar-refractivity contribution in [3.8, 4) is 0 Å². The maximum atomic E-state index is 11.2. The Morgan fingerprint density at radius 1 is 1.29 bits per heavy atom. The van der Waals surface area contributed by atoms with Crippen LogP contribution in [0, 0.1) is 0 Å². The summed E-state index contributed by atoms with van der Waals surface area (Å²) in [4.78, 5) is 11.2. The summed E-state index contributed by atoms with van der Waals surface area (Å²) in [6, 6.07) is 9.56. The van der Waals surface area contributed by atoms with Crippen LogP contribution in [-0.2, 0) is 4.79 Å². The van der Waals surface area contributed by atoms with E-state index in [1.54, 1.807) is 0 Å². The van der Waals surface area contributed by atoms with Crippen LogP contribution in [0.4, 0.5) is 0 Å². The fourth-order valence-corrected chi connectivity index (χ4v) is 1.16. The number of rotatable bonds is 3. The van der Waals surface area contributed by atoms with Crippen molar-refractivity contribution >= 4 is 5.91 Å². The van der Waals surface area contributed by atoms with Gasteiger partial charge in [0.05, 0.1) is 6.04 Å². The third kappa shape index (κ3) is 2.85. The fourth-order valence-electron chi connectivity index (χ4n) is 1.16. The second-order valence-electron chi connectivity index (χ2n) is 3.32. The van der Waals surface area contributed by atoms with E-state index >= 15 is 0 Å². The molecule has 76 valence electrons. The fraction of sp³-hybridized carbons (Fsp3) is 0.364. The van der Waals surface area contributed by atoms with Crippen molar-refractivity contribution in [2.75, 3.05) is 0 Å². The first-order valence-corrected chi connectivity index (χ1v) is 4.64. The second kappa shape index (κ2) is 4.77. The van der Waals surface area contributed by atoms with Crippen LogP contribution in [0.1, 0.15) is 25.5 Å². The molecule has 0 radical (unpaired) electrons. The van der Waals surface area contributed by atoms with Gasteiger partial charge in [-0.3, -0.25) is 4.79 Å².